The summed E-state index contributed by atoms with van der Waals surface area (Å²) in [6.45, 7) is 1.35. The van der Waals surface area contributed by atoms with Crippen LogP contribution in [0.3, 0.4) is 0 Å². The van der Waals surface area contributed by atoms with E-state index in [0.29, 0.717) is 5.56 Å². The molecule has 94 valence electrons. The van der Waals surface area contributed by atoms with Gasteiger partial charge in [-0.15, -0.1) is 0 Å². The highest BCUT2D eigenvalue weighted by Crippen LogP contribution is 2.31. The van der Waals surface area contributed by atoms with Crippen molar-refractivity contribution in [1.82, 2.24) is 0 Å². The number of carbonyl (C=O) groups excluding carboxylic acids is 2. The van der Waals surface area contributed by atoms with Gasteiger partial charge >= 0.3 is 5.97 Å². The summed E-state index contributed by atoms with van der Waals surface area (Å²) in [6.07, 6.45) is -1.12. The first kappa shape index (κ1) is 12.3. The second kappa shape index (κ2) is 5.01. The lowest BCUT2D eigenvalue weighted by Gasteiger charge is -2.05. The molecule has 0 fully saturated rings. The van der Waals surface area contributed by atoms with Gasteiger partial charge in [0.25, 0.3) is 0 Å². The minimum atomic E-state index is -1.12. The van der Waals surface area contributed by atoms with Gasteiger partial charge in [0.2, 0.25) is 6.10 Å². The zero-order chi connectivity index (χ0) is 13.1. The fourth-order valence-electron chi connectivity index (χ4n) is 1.71. The highest BCUT2D eigenvalue weighted by molar-refractivity contribution is 6.06. The highest BCUT2D eigenvalue weighted by atomic mass is 17.2. The standard InChI is InChI=1S/C13H12O5/c1-8(14)10-11(9-6-4-3-5-7-9)17-18-12(10)13(15)16-2/h3-7,12H,1-2H3. The number of Topliss-reactive ketones (excluding diaryl/α,β-unsaturated/α-hetero) is 1. The van der Waals surface area contributed by atoms with Crippen molar-refractivity contribution in [3.05, 3.63) is 41.5 Å². The first-order valence-corrected chi connectivity index (χ1v) is 5.37. The molecule has 0 aromatic heterocycles. The van der Waals surface area contributed by atoms with Crippen molar-refractivity contribution in [2.75, 3.05) is 7.11 Å². The Morgan fingerprint density at radius 3 is 2.44 bits per heavy atom. The average molecular weight is 248 g/mol. The number of hydrogen-bond acceptors (Lipinski definition) is 5. The van der Waals surface area contributed by atoms with Gasteiger partial charge in [0.15, 0.2) is 11.5 Å². The van der Waals surface area contributed by atoms with E-state index in [1.54, 1.807) is 24.3 Å². The fourth-order valence-corrected chi connectivity index (χ4v) is 1.71. The molecule has 0 saturated carbocycles. The van der Waals surface area contributed by atoms with Crippen LogP contribution in [-0.4, -0.2) is 25.0 Å². The van der Waals surface area contributed by atoms with Crippen LogP contribution in [-0.2, 0) is 24.1 Å². The predicted molar refractivity (Wildman–Crippen MR) is 62.0 cm³/mol. The Balaban J connectivity index is 2.46. The van der Waals surface area contributed by atoms with Crippen LogP contribution < -0.4 is 0 Å². The van der Waals surface area contributed by atoms with Crippen molar-refractivity contribution in [2.45, 2.75) is 13.0 Å². The molecule has 0 amide bonds. The second-order valence-corrected chi connectivity index (χ2v) is 3.75. The van der Waals surface area contributed by atoms with E-state index in [4.69, 9.17) is 9.78 Å². The van der Waals surface area contributed by atoms with E-state index < -0.39 is 12.1 Å². The van der Waals surface area contributed by atoms with E-state index in [1.807, 2.05) is 6.07 Å². The van der Waals surface area contributed by atoms with Crippen LogP contribution >= 0.6 is 0 Å². The minimum absolute atomic E-state index is 0.174. The van der Waals surface area contributed by atoms with E-state index in [9.17, 15) is 9.59 Å². The molecule has 5 nitrogen and oxygen atoms in total. The van der Waals surface area contributed by atoms with Gasteiger partial charge in [-0.2, -0.15) is 4.89 Å². The molecule has 0 radical (unpaired) electrons. The van der Waals surface area contributed by atoms with Gasteiger partial charge in [-0.25, -0.2) is 4.79 Å². The number of hydrogen-bond donors (Lipinski definition) is 0. The molecule has 1 heterocycles. The van der Waals surface area contributed by atoms with Crippen molar-refractivity contribution in [3.8, 4) is 0 Å². The van der Waals surface area contributed by atoms with Crippen molar-refractivity contribution in [2.24, 2.45) is 0 Å². The van der Waals surface area contributed by atoms with Gasteiger partial charge in [-0.05, 0) is 6.92 Å². The summed E-state index contributed by atoms with van der Waals surface area (Å²) < 4.78 is 4.57. The molecule has 0 saturated heterocycles. The SMILES string of the molecule is COC(=O)C1OOC(c2ccccc2)=C1C(C)=O. The van der Waals surface area contributed by atoms with E-state index in [2.05, 4.69) is 4.74 Å². The maximum atomic E-state index is 11.6. The molecule has 0 aliphatic carbocycles. The van der Waals surface area contributed by atoms with Crippen LogP contribution in [0.2, 0.25) is 0 Å². The number of ether oxygens (including phenoxy) is 1. The molecule has 1 aliphatic rings. The Hall–Kier alpha value is -2.14. The van der Waals surface area contributed by atoms with E-state index in [-0.39, 0.29) is 17.1 Å². The number of rotatable bonds is 3. The summed E-state index contributed by atoms with van der Waals surface area (Å²) in [7, 11) is 1.23. The van der Waals surface area contributed by atoms with Crippen molar-refractivity contribution in [1.29, 1.82) is 0 Å². The van der Waals surface area contributed by atoms with Gasteiger partial charge in [0.1, 0.15) is 0 Å². The molecule has 5 heteroatoms. The molecular formula is C13H12O5. The Bertz CT molecular complexity index is 503. The molecule has 0 N–H and O–H groups in total. The number of carbonyl (C=O) groups is 2. The van der Waals surface area contributed by atoms with Gasteiger partial charge in [-0.1, -0.05) is 30.3 Å². The summed E-state index contributed by atoms with van der Waals surface area (Å²) in [5.41, 5.74) is 0.849. The van der Waals surface area contributed by atoms with E-state index in [1.165, 1.54) is 14.0 Å². The van der Waals surface area contributed by atoms with Crippen molar-refractivity contribution in [3.63, 3.8) is 0 Å². The maximum absolute atomic E-state index is 11.6. The maximum Gasteiger partial charge on any atom is 0.344 e. The topological polar surface area (TPSA) is 61.8 Å². The Morgan fingerprint density at radius 2 is 1.89 bits per heavy atom. The summed E-state index contributed by atoms with van der Waals surface area (Å²) in [4.78, 5) is 33.0. The smallest absolute Gasteiger partial charge is 0.344 e. The number of ketones is 1. The van der Waals surface area contributed by atoms with Crippen LogP contribution in [0.15, 0.2) is 35.9 Å². The summed E-state index contributed by atoms with van der Waals surface area (Å²) in [6, 6.07) is 8.97. The van der Waals surface area contributed by atoms with Crippen molar-refractivity contribution < 1.29 is 24.1 Å². The van der Waals surface area contributed by atoms with Gasteiger partial charge in [-0.3, -0.25) is 4.79 Å². The van der Waals surface area contributed by atoms with E-state index in [0.717, 1.165) is 0 Å². The lowest BCUT2D eigenvalue weighted by molar-refractivity contribution is -0.245. The molecule has 18 heavy (non-hydrogen) atoms. The van der Waals surface area contributed by atoms with Crippen LogP contribution in [0.5, 0.6) is 0 Å². The average Bonchev–Trinajstić information content (AvgIpc) is 2.83. The quantitative estimate of drug-likeness (QED) is 0.599. The number of methoxy groups -OCH3 is 1. The molecule has 1 unspecified atom stereocenters. The summed E-state index contributed by atoms with van der Waals surface area (Å²) in [5.74, 6) is -0.689. The predicted octanol–water partition coefficient (Wildman–Crippen LogP) is 1.49. The third-order valence-electron chi connectivity index (χ3n) is 2.57. The third kappa shape index (κ3) is 2.12. The Labute approximate surface area is 104 Å². The van der Waals surface area contributed by atoms with Crippen LogP contribution in [0.1, 0.15) is 12.5 Å². The van der Waals surface area contributed by atoms with Gasteiger partial charge < -0.3 is 9.62 Å². The van der Waals surface area contributed by atoms with Gasteiger partial charge in [0.05, 0.1) is 12.7 Å². The molecule has 0 bridgehead atoms. The molecule has 1 aromatic rings. The normalized spacial score (nSPS) is 18.4. The molecule has 2 rings (SSSR count). The Kier molecular flexibility index (Phi) is 3.43. The minimum Gasteiger partial charge on any atom is -0.467 e. The van der Waals surface area contributed by atoms with Crippen molar-refractivity contribution >= 4 is 17.5 Å². The zero-order valence-electron chi connectivity index (χ0n) is 10.0. The molecule has 0 spiro atoms. The summed E-state index contributed by atoms with van der Waals surface area (Å²) in [5, 5.41) is 0. The molecule has 1 atom stereocenters. The molecule has 1 aliphatic heterocycles. The lowest BCUT2D eigenvalue weighted by Crippen LogP contribution is -2.26. The van der Waals surface area contributed by atoms with Crippen LogP contribution in [0.4, 0.5) is 0 Å². The zero-order valence-corrected chi connectivity index (χ0v) is 10.0. The number of esters is 1. The fraction of sp³-hybridized carbons (Fsp3) is 0.231. The van der Waals surface area contributed by atoms with Gasteiger partial charge in [0, 0.05) is 5.56 Å². The van der Waals surface area contributed by atoms with Crippen LogP contribution in [0.25, 0.3) is 5.76 Å². The van der Waals surface area contributed by atoms with Crippen LogP contribution in [0, 0.1) is 0 Å². The third-order valence-corrected chi connectivity index (χ3v) is 2.57. The highest BCUT2D eigenvalue weighted by Gasteiger charge is 2.39. The van der Waals surface area contributed by atoms with E-state index >= 15 is 0 Å². The Morgan fingerprint density at radius 1 is 1.22 bits per heavy atom. The lowest BCUT2D eigenvalue weighted by atomic mass is 10.0. The first-order valence-electron chi connectivity index (χ1n) is 5.37. The second-order valence-electron chi connectivity index (χ2n) is 3.75. The molecular weight excluding hydrogens is 236 g/mol. The number of benzene rings is 1. The monoisotopic (exact) mass is 248 g/mol. The first-order chi connectivity index (χ1) is 8.65. The molecule has 1 aromatic carbocycles. The summed E-state index contributed by atoms with van der Waals surface area (Å²) >= 11 is 0. The largest absolute Gasteiger partial charge is 0.467 e.